The van der Waals surface area contributed by atoms with E-state index in [1.807, 2.05) is 30.7 Å². The Hall–Kier alpha value is -4.24. The largest absolute Gasteiger partial charge is 0.367 e. The Morgan fingerprint density at radius 1 is 0.897 bits per heavy atom. The van der Waals surface area contributed by atoms with E-state index in [9.17, 15) is 4.79 Å². The number of rotatable bonds is 5. The summed E-state index contributed by atoms with van der Waals surface area (Å²) >= 11 is 0. The van der Waals surface area contributed by atoms with Crippen LogP contribution < -0.4 is 10.2 Å². The molecule has 198 valence electrons. The Morgan fingerprint density at radius 3 is 2.56 bits per heavy atom. The average molecular weight is 521 g/mol. The first-order valence-corrected chi connectivity index (χ1v) is 13.8. The normalized spacial score (nSPS) is 16.9. The van der Waals surface area contributed by atoms with Crippen LogP contribution in [0.5, 0.6) is 0 Å². The summed E-state index contributed by atoms with van der Waals surface area (Å²) < 4.78 is 0. The van der Waals surface area contributed by atoms with Crippen LogP contribution in [0.3, 0.4) is 0 Å². The number of H-pyrrole nitrogens is 2. The molecule has 4 aromatic heterocycles. The predicted molar refractivity (Wildman–Crippen MR) is 155 cm³/mol. The van der Waals surface area contributed by atoms with Crippen molar-refractivity contribution in [1.29, 1.82) is 0 Å². The molecule has 2 aliphatic rings. The monoisotopic (exact) mass is 520 g/mol. The SMILES string of the molecule is CN1CCN(c2cncc3[nH]c(-c4n[nH]c5ccc(-c6cncc(NC(=O)C7CCCC7)c6)cc45)cc23)CC1. The Balaban J connectivity index is 1.21. The molecule has 2 fully saturated rings. The van der Waals surface area contributed by atoms with Gasteiger partial charge in [0.05, 0.1) is 46.7 Å². The van der Waals surface area contributed by atoms with Crippen molar-refractivity contribution in [2.75, 3.05) is 43.4 Å². The lowest BCUT2D eigenvalue weighted by molar-refractivity contribution is -0.119. The van der Waals surface area contributed by atoms with Crippen molar-refractivity contribution in [3.63, 3.8) is 0 Å². The highest BCUT2D eigenvalue weighted by Gasteiger charge is 2.23. The van der Waals surface area contributed by atoms with Gasteiger partial charge in [0.25, 0.3) is 0 Å². The second kappa shape index (κ2) is 9.81. The number of carbonyl (C=O) groups is 1. The lowest BCUT2D eigenvalue weighted by Crippen LogP contribution is -2.44. The zero-order valence-corrected chi connectivity index (χ0v) is 22.1. The molecule has 0 unspecified atom stereocenters. The van der Waals surface area contributed by atoms with Crippen molar-refractivity contribution in [3.05, 3.63) is 55.1 Å². The van der Waals surface area contributed by atoms with Gasteiger partial charge >= 0.3 is 0 Å². The molecule has 3 N–H and O–H groups in total. The number of benzene rings is 1. The molecule has 5 heterocycles. The van der Waals surface area contributed by atoms with E-state index >= 15 is 0 Å². The molecular formula is C30H32N8O. The summed E-state index contributed by atoms with van der Waals surface area (Å²) in [4.78, 5) is 29.9. The second-order valence-electron chi connectivity index (χ2n) is 10.9. The number of hydrogen-bond donors (Lipinski definition) is 3. The summed E-state index contributed by atoms with van der Waals surface area (Å²) in [5.74, 6) is 0.213. The molecule has 1 saturated carbocycles. The van der Waals surface area contributed by atoms with Gasteiger partial charge in [0, 0.05) is 54.6 Å². The molecule has 7 rings (SSSR count). The topological polar surface area (TPSA) is 106 Å². The Bertz CT molecular complexity index is 1660. The fourth-order valence-corrected chi connectivity index (χ4v) is 5.96. The third-order valence-electron chi connectivity index (χ3n) is 8.25. The van der Waals surface area contributed by atoms with Crippen LogP contribution in [0.2, 0.25) is 0 Å². The summed E-state index contributed by atoms with van der Waals surface area (Å²) in [6.07, 6.45) is 11.6. The van der Waals surface area contributed by atoms with E-state index in [0.717, 1.165) is 108 Å². The van der Waals surface area contributed by atoms with Crippen LogP contribution in [0.1, 0.15) is 25.7 Å². The van der Waals surface area contributed by atoms with E-state index in [2.05, 4.69) is 65.5 Å². The van der Waals surface area contributed by atoms with Crippen molar-refractivity contribution in [3.8, 4) is 22.5 Å². The molecule has 0 atom stereocenters. The van der Waals surface area contributed by atoms with E-state index in [0.29, 0.717) is 0 Å². The molecule has 1 aromatic carbocycles. The van der Waals surface area contributed by atoms with Gasteiger partial charge in [-0.1, -0.05) is 18.9 Å². The van der Waals surface area contributed by atoms with Crippen molar-refractivity contribution >= 4 is 39.1 Å². The number of carbonyl (C=O) groups excluding carboxylic acids is 1. The van der Waals surface area contributed by atoms with Gasteiger partial charge in [-0.05, 0) is 49.7 Å². The van der Waals surface area contributed by atoms with Crippen LogP contribution in [-0.2, 0) is 4.79 Å². The molecule has 9 nitrogen and oxygen atoms in total. The number of likely N-dealkylation sites (N-methyl/N-ethyl adjacent to an activating group) is 1. The van der Waals surface area contributed by atoms with Crippen LogP contribution in [0, 0.1) is 5.92 Å². The summed E-state index contributed by atoms with van der Waals surface area (Å²) in [6, 6.07) is 10.4. The molecule has 5 aromatic rings. The minimum absolute atomic E-state index is 0.100. The van der Waals surface area contributed by atoms with Crippen molar-refractivity contribution in [2.24, 2.45) is 5.92 Å². The summed E-state index contributed by atoms with van der Waals surface area (Å²) in [5, 5.41) is 13.1. The molecule has 1 amide bonds. The fraction of sp³-hybridized carbons (Fsp3) is 0.333. The van der Waals surface area contributed by atoms with Crippen LogP contribution in [0.15, 0.2) is 55.1 Å². The first kappa shape index (κ1) is 23.8. The molecule has 0 radical (unpaired) electrons. The molecule has 0 spiro atoms. The Kier molecular flexibility index (Phi) is 6.00. The summed E-state index contributed by atoms with van der Waals surface area (Å²) in [7, 11) is 2.17. The van der Waals surface area contributed by atoms with Crippen LogP contribution in [0.25, 0.3) is 44.3 Å². The van der Waals surface area contributed by atoms with Gasteiger partial charge in [0.15, 0.2) is 0 Å². The summed E-state index contributed by atoms with van der Waals surface area (Å²) in [6.45, 7) is 4.06. The number of aromatic nitrogens is 5. The van der Waals surface area contributed by atoms with Gasteiger partial charge < -0.3 is 20.1 Å². The highest BCUT2D eigenvalue weighted by atomic mass is 16.1. The van der Waals surface area contributed by atoms with E-state index < -0.39 is 0 Å². The minimum atomic E-state index is 0.100. The maximum atomic E-state index is 12.7. The van der Waals surface area contributed by atoms with E-state index in [1.54, 1.807) is 6.20 Å². The van der Waals surface area contributed by atoms with Crippen LogP contribution >= 0.6 is 0 Å². The fourth-order valence-electron chi connectivity index (χ4n) is 5.96. The van der Waals surface area contributed by atoms with Gasteiger partial charge in [-0.25, -0.2) is 0 Å². The van der Waals surface area contributed by atoms with E-state index in [-0.39, 0.29) is 11.8 Å². The van der Waals surface area contributed by atoms with Crippen molar-refractivity contribution in [1.82, 2.24) is 30.0 Å². The van der Waals surface area contributed by atoms with Gasteiger partial charge in [0.2, 0.25) is 5.91 Å². The standard InChI is InChI=1S/C30H32N8O/c1-37-8-10-38(11-9-37)28-18-32-17-27-23(28)14-26(34-27)29-24-13-20(6-7-25(24)35-36-29)21-12-22(16-31-15-21)33-30(39)19-4-2-3-5-19/h6-7,12-19,34H,2-5,8-11H2,1H3,(H,33,39)(H,35,36). The smallest absolute Gasteiger partial charge is 0.227 e. The Labute approximate surface area is 226 Å². The number of pyridine rings is 2. The third-order valence-corrected chi connectivity index (χ3v) is 8.25. The lowest BCUT2D eigenvalue weighted by Gasteiger charge is -2.34. The van der Waals surface area contributed by atoms with Crippen molar-refractivity contribution in [2.45, 2.75) is 25.7 Å². The Morgan fingerprint density at radius 2 is 1.72 bits per heavy atom. The number of piperazine rings is 1. The molecule has 1 saturated heterocycles. The van der Waals surface area contributed by atoms with E-state index in [1.165, 1.54) is 0 Å². The summed E-state index contributed by atoms with van der Waals surface area (Å²) in [5.41, 5.74) is 7.64. The maximum Gasteiger partial charge on any atom is 0.227 e. The highest BCUT2D eigenvalue weighted by molar-refractivity contribution is 6.00. The lowest BCUT2D eigenvalue weighted by atomic mass is 10.0. The molecule has 1 aliphatic carbocycles. The first-order chi connectivity index (χ1) is 19.1. The number of nitrogens with one attached hydrogen (secondary N) is 3. The number of hydrogen-bond acceptors (Lipinski definition) is 6. The number of amides is 1. The number of nitrogens with zero attached hydrogens (tertiary/aromatic N) is 5. The molecule has 39 heavy (non-hydrogen) atoms. The first-order valence-electron chi connectivity index (χ1n) is 13.8. The maximum absolute atomic E-state index is 12.7. The van der Waals surface area contributed by atoms with E-state index in [4.69, 9.17) is 0 Å². The number of fused-ring (bicyclic) bond motifs is 2. The molecule has 9 heteroatoms. The highest BCUT2D eigenvalue weighted by Crippen LogP contribution is 2.35. The second-order valence-corrected chi connectivity index (χ2v) is 10.9. The number of aromatic amines is 2. The zero-order valence-electron chi connectivity index (χ0n) is 22.1. The predicted octanol–water partition coefficient (Wildman–Crippen LogP) is 5.05. The molecule has 1 aliphatic heterocycles. The zero-order chi connectivity index (χ0) is 26.3. The quantitative estimate of drug-likeness (QED) is 0.300. The molecular weight excluding hydrogens is 488 g/mol. The van der Waals surface area contributed by atoms with Gasteiger partial charge in [-0.2, -0.15) is 5.10 Å². The molecule has 0 bridgehead atoms. The minimum Gasteiger partial charge on any atom is -0.367 e. The van der Waals surface area contributed by atoms with Crippen LogP contribution in [0.4, 0.5) is 11.4 Å². The van der Waals surface area contributed by atoms with Gasteiger partial charge in [-0.15, -0.1) is 0 Å². The van der Waals surface area contributed by atoms with Gasteiger partial charge in [-0.3, -0.25) is 19.9 Å². The van der Waals surface area contributed by atoms with Crippen molar-refractivity contribution < 1.29 is 4.79 Å². The number of anilines is 2. The van der Waals surface area contributed by atoms with Gasteiger partial charge in [0.1, 0.15) is 5.69 Å². The third kappa shape index (κ3) is 4.52. The average Bonchev–Trinajstić information content (AvgIpc) is 3.73. The van der Waals surface area contributed by atoms with Crippen LogP contribution in [-0.4, -0.2) is 69.2 Å².